The van der Waals surface area contributed by atoms with Crippen molar-refractivity contribution < 1.29 is 14.2 Å². The average molecular weight is 397 g/mol. The zero-order valence-corrected chi connectivity index (χ0v) is 15.6. The van der Waals surface area contributed by atoms with Crippen LogP contribution in [0.15, 0.2) is 64.3 Å². The average Bonchev–Trinajstić information content (AvgIpc) is 3.37. The maximum atomic E-state index is 12.3. The molecule has 0 radical (unpaired) electrons. The molecular formula is C20H17ClN4O3. The van der Waals surface area contributed by atoms with Gasteiger partial charge in [-0.3, -0.25) is 4.79 Å². The molecule has 1 aromatic heterocycles. The molecule has 4 rings (SSSR count). The standard InChI is InChI=1S/C20H17ClN4O3/c21-15-8-4-7-14(9-15)20-23-18(25-28-20)11-16-10-17(24-27-16)19(26)22-12-13-5-2-1-3-6-13/h1-9,16H,10-12H2,(H,22,26). The fourth-order valence-corrected chi connectivity index (χ4v) is 3.02. The van der Waals surface area contributed by atoms with Crippen LogP contribution < -0.4 is 5.32 Å². The number of amides is 1. The van der Waals surface area contributed by atoms with Gasteiger partial charge in [-0.15, -0.1) is 0 Å². The van der Waals surface area contributed by atoms with Gasteiger partial charge in [0.1, 0.15) is 11.8 Å². The molecule has 7 nitrogen and oxygen atoms in total. The molecule has 3 aromatic rings. The number of benzene rings is 2. The molecule has 2 aromatic carbocycles. The van der Waals surface area contributed by atoms with E-state index < -0.39 is 0 Å². The van der Waals surface area contributed by atoms with E-state index in [4.69, 9.17) is 21.0 Å². The SMILES string of the molecule is O=C(NCc1ccccc1)C1=NOC(Cc2noc(-c3cccc(Cl)c3)n2)C1. The van der Waals surface area contributed by atoms with Crippen molar-refractivity contribution in [1.29, 1.82) is 0 Å². The monoisotopic (exact) mass is 396 g/mol. The lowest BCUT2D eigenvalue weighted by Gasteiger charge is -2.05. The summed E-state index contributed by atoms with van der Waals surface area (Å²) in [6.45, 7) is 0.442. The molecule has 0 saturated carbocycles. The minimum absolute atomic E-state index is 0.237. The van der Waals surface area contributed by atoms with Crippen LogP contribution in [-0.4, -0.2) is 27.9 Å². The highest BCUT2D eigenvalue weighted by atomic mass is 35.5. The van der Waals surface area contributed by atoms with E-state index in [0.717, 1.165) is 11.1 Å². The van der Waals surface area contributed by atoms with Gasteiger partial charge in [0.25, 0.3) is 11.8 Å². The second-order valence-electron chi connectivity index (χ2n) is 6.37. The van der Waals surface area contributed by atoms with E-state index in [1.54, 1.807) is 12.1 Å². The van der Waals surface area contributed by atoms with Crippen molar-refractivity contribution >= 4 is 23.2 Å². The maximum absolute atomic E-state index is 12.3. The summed E-state index contributed by atoms with van der Waals surface area (Å²) in [7, 11) is 0. The van der Waals surface area contributed by atoms with Crippen molar-refractivity contribution in [3.05, 3.63) is 71.0 Å². The molecule has 2 heterocycles. The number of halogens is 1. The summed E-state index contributed by atoms with van der Waals surface area (Å²) < 4.78 is 5.29. The van der Waals surface area contributed by atoms with Crippen LogP contribution in [0.1, 0.15) is 17.8 Å². The lowest BCUT2D eigenvalue weighted by Crippen LogP contribution is -2.30. The second-order valence-corrected chi connectivity index (χ2v) is 6.80. The Morgan fingerprint density at radius 3 is 2.86 bits per heavy atom. The third-order valence-corrected chi connectivity index (χ3v) is 4.48. The van der Waals surface area contributed by atoms with E-state index in [-0.39, 0.29) is 12.0 Å². The molecule has 0 fully saturated rings. The lowest BCUT2D eigenvalue weighted by molar-refractivity contribution is -0.115. The molecule has 28 heavy (non-hydrogen) atoms. The van der Waals surface area contributed by atoms with Crippen LogP contribution in [0.2, 0.25) is 5.02 Å². The van der Waals surface area contributed by atoms with Gasteiger partial charge in [-0.05, 0) is 23.8 Å². The third-order valence-electron chi connectivity index (χ3n) is 4.24. The fraction of sp³-hybridized carbons (Fsp3) is 0.200. The predicted molar refractivity (Wildman–Crippen MR) is 104 cm³/mol. The smallest absolute Gasteiger partial charge is 0.269 e. The van der Waals surface area contributed by atoms with Crippen LogP contribution in [0, 0.1) is 0 Å². The minimum Gasteiger partial charge on any atom is -0.391 e. The van der Waals surface area contributed by atoms with Gasteiger partial charge in [-0.25, -0.2) is 0 Å². The Morgan fingerprint density at radius 2 is 2.04 bits per heavy atom. The van der Waals surface area contributed by atoms with Gasteiger partial charge in [0.05, 0.1) is 6.42 Å². The summed E-state index contributed by atoms with van der Waals surface area (Å²) in [6.07, 6.45) is 0.479. The van der Waals surface area contributed by atoms with Crippen LogP contribution in [0.3, 0.4) is 0 Å². The Morgan fingerprint density at radius 1 is 1.18 bits per heavy atom. The molecule has 1 N–H and O–H groups in total. The van der Waals surface area contributed by atoms with Crippen molar-refractivity contribution in [3.63, 3.8) is 0 Å². The highest BCUT2D eigenvalue weighted by molar-refractivity contribution is 6.39. The van der Waals surface area contributed by atoms with E-state index >= 15 is 0 Å². The first kappa shape index (κ1) is 18.2. The first-order chi connectivity index (χ1) is 13.7. The Bertz CT molecular complexity index is 1000. The maximum Gasteiger partial charge on any atom is 0.269 e. The Balaban J connectivity index is 1.30. The van der Waals surface area contributed by atoms with Gasteiger partial charge in [0.2, 0.25) is 0 Å². The topological polar surface area (TPSA) is 89.6 Å². The lowest BCUT2D eigenvalue weighted by atomic mass is 10.1. The number of oxime groups is 1. The number of hydrogen-bond donors (Lipinski definition) is 1. The second kappa shape index (κ2) is 8.22. The Kier molecular flexibility index (Phi) is 5.34. The van der Waals surface area contributed by atoms with Crippen molar-refractivity contribution in [2.45, 2.75) is 25.5 Å². The largest absolute Gasteiger partial charge is 0.391 e. The third kappa shape index (κ3) is 4.37. The Labute approximate surface area is 166 Å². The molecule has 8 heteroatoms. The summed E-state index contributed by atoms with van der Waals surface area (Å²) in [6, 6.07) is 16.9. The molecule has 1 unspecified atom stereocenters. The number of hydrogen-bond acceptors (Lipinski definition) is 6. The minimum atomic E-state index is -0.303. The highest BCUT2D eigenvalue weighted by Gasteiger charge is 2.27. The number of rotatable bonds is 6. The van der Waals surface area contributed by atoms with Gasteiger partial charge >= 0.3 is 0 Å². The summed E-state index contributed by atoms with van der Waals surface area (Å²) >= 11 is 5.99. The first-order valence-corrected chi connectivity index (χ1v) is 9.18. The molecule has 1 atom stereocenters. The van der Waals surface area contributed by atoms with Crippen LogP contribution in [0.4, 0.5) is 0 Å². The quantitative estimate of drug-likeness (QED) is 0.689. The van der Waals surface area contributed by atoms with Crippen molar-refractivity contribution in [2.24, 2.45) is 5.16 Å². The van der Waals surface area contributed by atoms with Crippen LogP contribution in [-0.2, 0) is 22.6 Å². The molecule has 142 valence electrons. The number of nitrogens with one attached hydrogen (secondary N) is 1. The van der Waals surface area contributed by atoms with Crippen LogP contribution in [0.25, 0.3) is 11.5 Å². The van der Waals surface area contributed by atoms with E-state index in [2.05, 4.69) is 20.6 Å². The Hall–Kier alpha value is -3.19. The normalized spacial score (nSPS) is 15.8. The van der Waals surface area contributed by atoms with Crippen LogP contribution >= 0.6 is 11.6 Å². The van der Waals surface area contributed by atoms with Crippen molar-refractivity contribution in [3.8, 4) is 11.5 Å². The van der Waals surface area contributed by atoms with Gasteiger partial charge in [0.15, 0.2) is 5.82 Å². The number of nitrogens with zero attached hydrogens (tertiary/aromatic N) is 3. The van der Waals surface area contributed by atoms with Crippen molar-refractivity contribution in [2.75, 3.05) is 0 Å². The summed E-state index contributed by atoms with van der Waals surface area (Å²) in [5.41, 5.74) is 2.13. The summed E-state index contributed by atoms with van der Waals surface area (Å²) in [4.78, 5) is 22.0. The van der Waals surface area contributed by atoms with E-state index in [1.165, 1.54) is 0 Å². The molecule has 0 bridgehead atoms. The van der Waals surface area contributed by atoms with Gasteiger partial charge in [-0.2, -0.15) is 4.98 Å². The number of aromatic nitrogens is 2. The fourth-order valence-electron chi connectivity index (χ4n) is 2.83. The molecule has 0 spiro atoms. The van der Waals surface area contributed by atoms with Crippen LogP contribution in [0.5, 0.6) is 0 Å². The van der Waals surface area contributed by atoms with Gasteiger partial charge in [-0.1, -0.05) is 58.3 Å². The molecular weight excluding hydrogens is 380 g/mol. The molecule has 1 amide bonds. The van der Waals surface area contributed by atoms with Crippen molar-refractivity contribution in [1.82, 2.24) is 15.5 Å². The summed E-state index contributed by atoms with van der Waals surface area (Å²) in [5, 5.41) is 11.3. The first-order valence-electron chi connectivity index (χ1n) is 8.81. The molecule has 0 aliphatic carbocycles. The zero-order chi connectivity index (χ0) is 19.3. The van der Waals surface area contributed by atoms with E-state index in [1.807, 2.05) is 42.5 Å². The highest BCUT2D eigenvalue weighted by Crippen LogP contribution is 2.22. The molecule has 1 aliphatic heterocycles. The van der Waals surface area contributed by atoms with Gasteiger partial charge in [0, 0.05) is 23.6 Å². The van der Waals surface area contributed by atoms with E-state index in [9.17, 15) is 4.79 Å². The van der Waals surface area contributed by atoms with Gasteiger partial charge < -0.3 is 14.7 Å². The molecule has 1 aliphatic rings. The summed E-state index contributed by atoms with van der Waals surface area (Å²) in [5.74, 6) is 0.637. The van der Waals surface area contributed by atoms with E-state index in [0.29, 0.717) is 41.8 Å². The molecule has 0 saturated heterocycles. The number of carbonyl (C=O) groups is 1. The zero-order valence-electron chi connectivity index (χ0n) is 14.8. The number of carbonyl (C=O) groups excluding carboxylic acids is 1. The predicted octanol–water partition coefficient (Wildman–Crippen LogP) is 3.39.